The normalized spacial score (nSPS) is 14.6. The highest BCUT2D eigenvalue weighted by atomic mass is 35.5. The van der Waals surface area contributed by atoms with Gasteiger partial charge in [-0.05, 0) is 26.8 Å². The van der Waals surface area contributed by atoms with Crippen molar-refractivity contribution in [3.63, 3.8) is 0 Å². The largest absolute Gasteiger partial charge is 0.474 e. The highest BCUT2D eigenvalue weighted by molar-refractivity contribution is 6.32. The lowest BCUT2D eigenvalue weighted by Gasteiger charge is -2.35. The van der Waals surface area contributed by atoms with Gasteiger partial charge in [0.15, 0.2) is 0 Å². The third kappa shape index (κ3) is 5.15. The van der Waals surface area contributed by atoms with Crippen molar-refractivity contribution in [2.75, 3.05) is 31.1 Å². The zero-order valence-corrected chi connectivity index (χ0v) is 18.4. The average Bonchev–Trinajstić information content (AvgIpc) is 2.68. The van der Waals surface area contributed by atoms with E-state index in [2.05, 4.69) is 28.7 Å². The molecule has 1 fully saturated rings. The molecule has 0 spiro atoms. The van der Waals surface area contributed by atoms with Gasteiger partial charge in [-0.2, -0.15) is 0 Å². The van der Waals surface area contributed by atoms with Crippen LogP contribution in [0.3, 0.4) is 0 Å². The molecule has 1 aliphatic heterocycles. The molecule has 0 saturated carbocycles. The number of hydrogen-bond donors (Lipinski definition) is 0. The first kappa shape index (κ1) is 21.3. The molecule has 3 rings (SSSR count). The standard InChI is InChI=1S/C21H28ClN5O2/c1-13(2)19-24-15(5)10-18(25-19)26-6-8-27(9-7-26)21(28)16-11-17(22)20(23-12-16)29-14(3)4/h10-14H,6-9H2,1-5H3. The number of nitrogens with zero attached hydrogens (tertiary/aromatic N) is 5. The SMILES string of the molecule is Cc1cc(N2CCN(C(=O)c3cnc(OC(C)C)c(Cl)c3)CC2)nc(C(C)C)n1. The van der Waals surface area contributed by atoms with Crippen LogP contribution in [0.4, 0.5) is 5.82 Å². The maximum atomic E-state index is 12.9. The first-order valence-electron chi connectivity index (χ1n) is 9.96. The number of carbonyl (C=O) groups excluding carboxylic acids is 1. The molecule has 0 radical (unpaired) electrons. The molecule has 3 heterocycles. The van der Waals surface area contributed by atoms with E-state index in [1.54, 1.807) is 6.07 Å². The fraction of sp³-hybridized carbons (Fsp3) is 0.524. The van der Waals surface area contributed by atoms with Gasteiger partial charge in [-0.15, -0.1) is 0 Å². The Balaban J connectivity index is 1.66. The molecule has 0 atom stereocenters. The number of hydrogen-bond acceptors (Lipinski definition) is 6. The lowest BCUT2D eigenvalue weighted by atomic mass is 10.2. The number of rotatable bonds is 5. The van der Waals surface area contributed by atoms with E-state index in [1.807, 2.05) is 31.7 Å². The van der Waals surface area contributed by atoms with Gasteiger partial charge in [0, 0.05) is 50.1 Å². The van der Waals surface area contributed by atoms with Crippen LogP contribution in [0.25, 0.3) is 0 Å². The van der Waals surface area contributed by atoms with Crippen molar-refractivity contribution in [3.8, 4) is 5.88 Å². The summed E-state index contributed by atoms with van der Waals surface area (Å²) in [7, 11) is 0. The third-order valence-corrected chi connectivity index (χ3v) is 4.94. The number of halogens is 1. The molecule has 2 aromatic heterocycles. The van der Waals surface area contributed by atoms with E-state index in [0.29, 0.717) is 29.6 Å². The van der Waals surface area contributed by atoms with Gasteiger partial charge in [0.25, 0.3) is 5.91 Å². The van der Waals surface area contributed by atoms with Crippen LogP contribution in [0.2, 0.25) is 5.02 Å². The highest BCUT2D eigenvalue weighted by Crippen LogP contribution is 2.25. The Bertz CT molecular complexity index is 879. The van der Waals surface area contributed by atoms with Gasteiger partial charge in [-0.25, -0.2) is 15.0 Å². The van der Waals surface area contributed by atoms with Crippen LogP contribution in [0.5, 0.6) is 5.88 Å². The molecule has 1 saturated heterocycles. The van der Waals surface area contributed by atoms with Crippen molar-refractivity contribution >= 4 is 23.3 Å². The van der Waals surface area contributed by atoms with Crippen molar-refractivity contribution < 1.29 is 9.53 Å². The summed E-state index contributed by atoms with van der Waals surface area (Å²) in [5, 5.41) is 0.348. The molecule has 2 aromatic rings. The molecule has 0 N–H and O–H groups in total. The molecule has 8 heteroatoms. The second kappa shape index (κ2) is 8.95. The van der Waals surface area contributed by atoms with Crippen molar-refractivity contribution in [3.05, 3.63) is 40.4 Å². The molecule has 1 aliphatic rings. The summed E-state index contributed by atoms with van der Waals surface area (Å²) in [6.45, 7) is 12.6. The van der Waals surface area contributed by atoms with E-state index >= 15 is 0 Å². The number of anilines is 1. The number of carbonyl (C=O) groups is 1. The molecule has 156 valence electrons. The summed E-state index contributed by atoms with van der Waals surface area (Å²) in [5.41, 5.74) is 1.43. The molecular formula is C21H28ClN5O2. The number of aryl methyl sites for hydroxylation is 1. The Hall–Kier alpha value is -2.41. The Morgan fingerprint density at radius 2 is 1.79 bits per heavy atom. The highest BCUT2D eigenvalue weighted by Gasteiger charge is 2.24. The smallest absolute Gasteiger partial charge is 0.255 e. The minimum absolute atomic E-state index is 0.0312. The molecule has 1 amide bonds. The summed E-state index contributed by atoms with van der Waals surface area (Å²) in [4.78, 5) is 30.3. The summed E-state index contributed by atoms with van der Waals surface area (Å²) >= 11 is 6.23. The summed E-state index contributed by atoms with van der Waals surface area (Å²) in [6.07, 6.45) is 1.50. The van der Waals surface area contributed by atoms with E-state index in [1.165, 1.54) is 6.20 Å². The van der Waals surface area contributed by atoms with E-state index in [-0.39, 0.29) is 17.9 Å². The monoisotopic (exact) mass is 417 g/mol. The van der Waals surface area contributed by atoms with Crippen molar-refractivity contribution in [2.24, 2.45) is 0 Å². The topological polar surface area (TPSA) is 71.5 Å². The molecule has 0 unspecified atom stereocenters. The zero-order chi connectivity index (χ0) is 21.1. The molecule has 7 nitrogen and oxygen atoms in total. The Kier molecular flexibility index (Phi) is 6.57. The minimum atomic E-state index is -0.0723. The summed E-state index contributed by atoms with van der Waals surface area (Å²) < 4.78 is 5.54. The van der Waals surface area contributed by atoms with Gasteiger partial charge in [-0.3, -0.25) is 4.79 Å². The van der Waals surface area contributed by atoms with Crippen LogP contribution < -0.4 is 9.64 Å². The number of ether oxygens (including phenoxy) is 1. The quantitative estimate of drug-likeness (QED) is 0.738. The van der Waals surface area contributed by atoms with E-state index < -0.39 is 0 Å². The van der Waals surface area contributed by atoms with Gasteiger partial charge >= 0.3 is 0 Å². The Morgan fingerprint density at radius 3 is 2.38 bits per heavy atom. The predicted molar refractivity (Wildman–Crippen MR) is 114 cm³/mol. The lowest BCUT2D eigenvalue weighted by Crippen LogP contribution is -2.49. The van der Waals surface area contributed by atoms with Crippen LogP contribution in [0, 0.1) is 6.92 Å². The molecule has 0 aliphatic carbocycles. The first-order valence-corrected chi connectivity index (χ1v) is 10.3. The van der Waals surface area contributed by atoms with Crippen LogP contribution in [0.1, 0.15) is 55.5 Å². The Labute approximate surface area is 177 Å². The first-order chi connectivity index (χ1) is 13.7. The zero-order valence-electron chi connectivity index (χ0n) is 17.6. The van der Waals surface area contributed by atoms with Gasteiger partial charge in [0.1, 0.15) is 16.7 Å². The molecule has 29 heavy (non-hydrogen) atoms. The van der Waals surface area contributed by atoms with Gasteiger partial charge in [-0.1, -0.05) is 25.4 Å². The second-order valence-corrected chi connectivity index (χ2v) is 8.24. The number of aromatic nitrogens is 3. The van der Waals surface area contributed by atoms with Crippen LogP contribution in [0.15, 0.2) is 18.3 Å². The predicted octanol–water partition coefficient (Wildman–Crippen LogP) is 3.71. The maximum Gasteiger partial charge on any atom is 0.255 e. The van der Waals surface area contributed by atoms with Crippen LogP contribution >= 0.6 is 11.6 Å². The third-order valence-electron chi connectivity index (χ3n) is 4.67. The maximum absolute atomic E-state index is 12.9. The summed E-state index contributed by atoms with van der Waals surface area (Å²) in [6, 6.07) is 3.63. The van der Waals surface area contributed by atoms with E-state index in [0.717, 1.165) is 30.4 Å². The number of piperazine rings is 1. The van der Waals surface area contributed by atoms with Gasteiger partial charge in [0.2, 0.25) is 5.88 Å². The lowest BCUT2D eigenvalue weighted by molar-refractivity contribution is 0.0746. The molecule has 0 bridgehead atoms. The fourth-order valence-corrected chi connectivity index (χ4v) is 3.38. The van der Waals surface area contributed by atoms with Crippen molar-refractivity contribution in [1.29, 1.82) is 0 Å². The second-order valence-electron chi connectivity index (χ2n) is 7.84. The van der Waals surface area contributed by atoms with Crippen LogP contribution in [-0.4, -0.2) is 58.0 Å². The fourth-order valence-electron chi connectivity index (χ4n) is 3.17. The molecular weight excluding hydrogens is 390 g/mol. The number of amides is 1. The van der Waals surface area contributed by atoms with Crippen LogP contribution in [-0.2, 0) is 0 Å². The molecule has 0 aromatic carbocycles. The minimum Gasteiger partial charge on any atom is -0.474 e. The van der Waals surface area contributed by atoms with Crippen molar-refractivity contribution in [2.45, 2.75) is 46.6 Å². The van der Waals surface area contributed by atoms with Gasteiger partial charge < -0.3 is 14.5 Å². The Morgan fingerprint density at radius 1 is 1.10 bits per heavy atom. The average molecular weight is 418 g/mol. The van der Waals surface area contributed by atoms with Crippen molar-refractivity contribution in [1.82, 2.24) is 19.9 Å². The summed E-state index contributed by atoms with van der Waals surface area (Å²) in [5.74, 6) is 2.33. The van der Waals surface area contributed by atoms with E-state index in [4.69, 9.17) is 21.3 Å². The van der Waals surface area contributed by atoms with Gasteiger partial charge in [0.05, 0.1) is 11.7 Å². The van der Waals surface area contributed by atoms with E-state index in [9.17, 15) is 4.79 Å². The number of pyridine rings is 1.